The number of para-hydroxylation sites is 1. The molecule has 0 aliphatic rings. The number of carbonyl (C=O) groups excluding carboxylic acids is 1. The van der Waals surface area contributed by atoms with Crippen LogP contribution in [0.15, 0.2) is 54.7 Å². The highest BCUT2D eigenvalue weighted by Gasteiger charge is 2.00. The van der Waals surface area contributed by atoms with E-state index in [9.17, 15) is 4.79 Å². The van der Waals surface area contributed by atoms with E-state index < -0.39 is 0 Å². The zero-order valence-corrected chi connectivity index (χ0v) is 13.9. The minimum Gasteiger partial charge on any atom is -0.497 e. The number of amides is 2. The molecule has 2 aromatic rings. The molecular formula is C19H22N2O3. The Labute approximate surface area is 142 Å². The molecule has 0 aromatic heterocycles. The van der Waals surface area contributed by atoms with Crippen molar-refractivity contribution >= 4 is 12.1 Å². The molecule has 2 amide bonds. The lowest BCUT2D eigenvalue weighted by Crippen LogP contribution is -2.33. The Morgan fingerprint density at radius 2 is 1.92 bits per heavy atom. The molecule has 0 aliphatic carbocycles. The van der Waals surface area contributed by atoms with E-state index in [0.29, 0.717) is 6.54 Å². The lowest BCUT2D eigenvalue weighted by Gasteiger charge is -2.07. The topological polar surface area (TPSA) is 59.6 Å². The summed E-state index contributed by atoms with van der Waals surface area (Å²) in [6, 6.07) is 15.1. The number of rotatable bonds is 7. The van der Waals surface area contributed by atoms with Crippen LogP contribution >= 0.6 is 0 Å². The Kier molecular flexibility index (Phi) is 6.71. The van der Waals surface area contributed by atoms with Gasteiger partial charge in [0.15, 0.2) is 0 Å². The average Bonchev–Trinajstić information content (AvgIpc) is 2.62. The summed E-state index contributed by atoms with van der Waals surface area (Å²) < 4.78 is 10.4. The molecule has 5 nitrogen and oxygen atoms in total. The van der Waals surface area contributed by atoms with Gasteiger partial charge in [-0.25, -0.2) is 4.79 Å². The molecule has 0 fully saturated rings. The Morgan fingerprint density at radius 3 is 2.71 bits per heavy atom. The molecule has 0 radical (unpaired) electrons. The van der Waals surface area contributed by atoms with Gasteiger partial charge in [0.1, 0.15) is 11.5 Å². The molecule has 5 heteroatoms. The van der Waals surface area contributed by atoms with Gasteiger partial charge in [-0.1, -0.05) is 30.3 Å². The molecule has 0 saturated heterocycles. The smallest absolute Gasteiger partial charge is 0.318 e. The normalized spacial score (nSPS) is 10.4. The lowest BCUT2D eigenvalue weighted by atomic mass is 10.1. The fraction of sp³-hybridized carbons (Fsp3) is 0.211. The molecule has 2 aromatic carbocycles. The monoisotopic (exact) mass is 326 g/mol. The summed E-state index contributed by atoms with van der Waals surface area (Å²) >= 11 is 0. The fourth-order valence-electron chi connectivity index (χ4n) is 2.21. The first kappa shape index (κ1) is 17.4. The SMILES string of the molecule is COc1cccc(CCNC(=O)N/C=C/c2ccccc2OC)c1. The first-order valence-corrected chi connectivity index (χ1v) is 7.70. The van der Waals surface area contributed by atoms with Crippen molar-refractivity contribution in [2.75, 3.05) is 20.8 Å². The van der Waals surface area contributed by atoms with Crippen LogP contribution in [0.3, 0.4) is 0 Å². The van der Waals surface area contributed by atoms with Crippen LogP contribution in [-0.4, -0.2) is 26.8 Å². The number of nitrogens with one attached hydrogen (secondary N) is 2. The molecule has 0 unspecified atom stereocenters. The molecule has 0 bridgehead atoms. The fourth-order valence-corrected chi connectivity index (χ4v) is 2.21. The summed E-state index contributed by atoms with van der Waals surface area (Å²) in [5.74, 6) is 1.57. The van der Waals surface area contributed by atoms with Crippen molar-refractivity contribution in [3.63, 3.8) is 0 Å². The Hall–Kier alpha value is -2.95. The van der Waals surface area contributed by atoms with Crippen molar-refractivity contribution in [3.8, 4) is 11.5 Å². The first-order valence-electron chi connectivity index (χ1n) is 7.70. The zero-order chi connectivity index (χ0) is 17.2. The van der Waals surface area contributed by atoms with Crippen LogP contribution in [0.2, 0.25) is 0 Å². The van der Waals surface area contributed by atoms with Crippen LogP contribution in [0.1, 0.15) is 11.1 Å². The molecule has 0 aliphatic heterocycles. The summed E-state index contributed by atoms with van der Waals surface area (Å²) in [4.78, 5) is 11.8. The van der Waals surface area contributed by atoms with E-state index in [4.69, 9.17) is 9.47 Å². The van der Waals surface area contributed by atoms with Gasteiger partial charge in [-0.3, -0.25) is 0 Å². The Morgan fingerprint density at radius 1 is 1.08 bits per heavy atom. The van der Waals surface area contributed by atoms with Crippen molar-refractivity contribution < 1.29 is 14.3 Å². The van der Waals surface area contributed by atoms with Gasteiger partial charge >= 0.3 is 6.03 Å². The first-order chi connectivity index (χ1) is 11.7. The minimum atomic E-state index is -0.246. The van der Waals surface area contributed by atoms with E-state index in [1.807, 2.05) is 48.5 Å². The van der Waals surface area contributed by atoms with Crippen molar-refractivity contribution in [2.45, 2.75) is 6.42 Å². The van der Waals surface area contributed by atoms with Gasteiger partial charge in [0.2, 0.25) is 0 Å². The van der Waals surface area contributed by atoms with Gasteiger partial charge in [0, 0.05) is 18.3 Å². The Balaban J connectivity index is 1.76. The van der Waals surface area contributed by atoms with Gasteiger partial charge in [0.25, 0.3) is 0 Å². The predicted molar refractivity (Wildman–Crippen MR) is 95.3 cm³/mol. The van der Waals surface area contributed by atoms with Crippen molar-refractivity contribution in [1.82, 2.24) is 10.6 Å². The third-order valence-electron chi connectivity index (χ3n) is 3.45. The molecule has 0 saturated carbocycles. The van der Waals surface area contributed by atoms with Gasteiger partial charge in [-0.05, 0) is 36.3 Å². The average molecular weight is 326 g/mol. The molecular weight excluding hydrogens is 304 g/mol. The van der Waals surface area contributed by atoms with Crippen LogP contribution in [0, 0.1) is 0 Å². The largest absolute Gasteiger partial charge is 0.497 e. The molecule has 2 N–H and O–H groups in total. The van der Waals surface area contributed by atoms with Crippen molar-refractivity contribution in [1.29, 1.82) is 0 Å². The van der Waals surface area contributed by atoms with E-state index >= 15 is 0 Å². The van der Waals surface area contributed by atoms with Crippen LogP contribution in [-0.2, 0) is 6.42 Å². The third-order valence-corrected chi connectivity index (χ3v) is 3.45. The molecule has 0 atom stereocenters. The third kappa shape index (κ3) is 5.35. The Bertz CT molecular complexity index is 699. The molecule has 0 spiro atoms. The van der Waals surface area contributed by atoms with Crippen molar-refractivity contribution in [2.24, 2.45) is 0 Å². The number of hydrogen-bond donors (Lipinski definition) is 2. The minimum absolute atomic E-state index is 0.246. The highest BCUT2D eigenvalue weighted by atomic mass is 16.5. The summed E-state index contributed by atoms with van der Waals surface area (Å²) in [5, 5.41) is 5.49. The van der Waals surface area contributed by atoms with E-state index in [-0.39, 0.29) is 6.03 Å². The number of benzene rings is 2. The van der Waals surface area contributed by atoms with Gasteiger partial charge < -0.3 is 20.1 Å². The van der Waals surface area contributed by atoms with E-state index in [2.05, 4.69) is 10.6 Å². The molecule has 2 rings (SSSR count). The molecule has 24 heavy (non-hydrogen) atoms. The maximum absolute atomic E-state index is 11.8. The van der Waals surface area contributed by atoms with Gasteiger partial charge in [0.05, 0.1) is 14.2 Å². The molecule has 0 heterocycles. The zero-order valence-electron chi connectivity index (χ0n) is 13.9. The predicted octanol–water partition coefficient (Wildman–Crippen LogP) is 3.22. The number of carbonyl (C=O) groups is 1. The highest BCUT2D eigenvalue weighted by molar-refractivity contribution is 5.76. The van der Waals surface area contributed by atoms with Crippen LogP contribution in [0.25, 0.3) is 6.08 Å². The lowest BCUT2D eigenvalue weighted by molar-refractivity contribution is 0.244. The second-order valence-electron chi connectivity index (χ2n) is 5.08. The molecule has 126 valence electrons. The quantitative estimate of drug-likeness (QED) is 0.821. The second kappa shape index (κ2) is 9.25. The summed E-state index contributed by atoms with van der Waals surface area (Å²) in [7, 11) is 3.25. The summed E-state index contributed by atoms with van der Waals surface area (Å²) in [5.41, 5.74) is 2.01. The standard InChI is InChI=1S/C19H22N2O3/c1-23-17-8-5-6-15(14-17)10-12-20-19(22)21-13-11-16-7-3-4-9-18(16)24-2/h3-9,11,13-14H,10,12H2,1-2H3,(H2,20,21,22)/b13-11+. The van der Waals surface area contributed by atoms with E-state index in [0.717, 1.165) is 29.0 Å². The van der Waals surface area contributed by atoms with Crippen molar-refractivity contribution in [3.05, 3.63) is 65.9 Å². The second-order valence-corrected chi connectivity index (χ2v) is 5.08. The summed E-state index contributed by atoms with van der Waals surface area (Å²) in [6.07, 6.45) is 4.13. The van der Waals surface area contributed by atoms with E-state index in [1.54, 1.807) is 26.5 Å². The number of urea groups is 1. The maximum atomic E-state index is 11.8. The van der Waals surface area contributed by atoms with Crippen LogP contribution in [0.4, 0.5) is 4.79 Å². The van der Waals surface area contributed by atoms with Crippen LogP contribution in [0.5, 0.6) is 11.5 Å². The summed E-state index contributed by atoms with van der Waals surface area (Å²) in [6.45, 7) is 0.543. The van der Waals surface area contributed by atoms with Gasteiger partial charge in [-0.2, -0.15) is 0 Å². The van der Waals surface area contributed by atoms with Crippen LogP contribution < -0.4 is 20.1 Å². The maximum Gasteiger partial charge on any atom is 0.318 e. The number of hydrogen-bond acceptors (Lipinski definition) is 3. The highest BCUT2D eigenvalue weighted by Crippen LogP contribution is 2.18. The number of methoxy groups -OCH3 is 2. The van der Waals surface area contributed by atoms with E-state index in [1.165, 1.54) is 0 Å². The van der Waals surface area contributed by atoms with Gasteiger partial charge in [-0.15, -0.1) is 0 Å². The number of ether oxygens (including phenoxy) is 2.